The Balaban J connectivity index is 2.22. The second-order valence-corrected chi connectivity index (χ2v) is 4.79. The van der Waals surface area contributed by atoms with Crippen LogP contribution in [0.25, 0.3) is 0 Å². The first kappa shape index (κ1) is 14.0. The van der Waals surface area contributed by atoms with Crippen molar-refractivity contribution in [3.05, 3.63) is 52.5 Å². The Hall–Kier alpha value is -1.46. The van der Waals surface area contributed by atoms with Crippen molar-refractivity contribution in [3.63, 3.8) is 0 Å². The van der Waals surface area contributed by atoms with Crippen LogP contribution in [-0.2, 0) is 6.54 Å². The molecule has 100 valence electrons. The van der Waals surface area contributed by atoms with E-state index in [-0.39, 0.29) is 5.82 Å². The molecule has 1 N–H and O–H groups in total. The van der Waals surface area contributed by atoms with E-state index >= 15 is 0 Å². The van der Waals surface area contributed by atoms with Crippen molar-refractivity contribution in [1.29, 1.82) is 0 Å². The molecule has 19 heavy (non-hydrogen) atoms. The van der Waals surface area contributed by atoms with Crippen molar-refractivity contribution in [2.24, 2.45) is 0 Å². The zero-order valence-electron chi connectivity index (χ0n) is 10.5. The predicted octanol–water partition coefficient (Wildman–Crippen LogP) is 3.89. The fourth-order valence-corrected chi connectivity index (χ4v) is 2.01. The van der Waals surface area contributed by atoms with E-state index in [2.05, 4.69) is 26.2 Å². The van der Waals surface area contributed by atoms with E-state index in [1.54, 1.807) is 18.5 Å². The van der Waals surface area contributed by atoms with E-state index in [1.165, 1.54) is 12.1 Å². The van der Waals surface area contributed by atoms with E-state index in [4.69, 9.17) is 4.74 Å². The summed E-state index contributed by atoms with van der Waals surface area (Å²) in [5.74, 6) is 0.918. The molecule has 0 aliphatic rings. The van der Waals surface area contributed by atoms with E-state index in [0.717, 1.165) is 12.1 Å². The van der Waals surface area contributed by atoms with Crippen molar-refractivity contribution in [2.45, 2.75) is 13.5 Å². The SMILES string of the molecule is CCNCc1ccncc1Oc1ccc(F)cc1Br. The molecule has 0 amide bonds. The highest BCUT2D eigenvalue weighted by atomic mass is 79.9. The van der Waals surface area contributed by atoms with Gasteiger partial charge in [0, 0.05) is 18.3 Å². The lowest BCUT2D eigenvalue weighted by Gasteiger charge is -2.12. The predicted molar refractivity (Wildman–Crippen MR) is 75.8 cm³/mol. The molecule has 5 heteroatoms. The molecule has 3 nitrogen and oxygen atoms in total. The summed E-state index contributed by atoms with van der Waals surface area (Å²) < 4.78 is 19.4. The lowest BCUT2D eigenvalue weighted by atomic mass is 10.2. The van der Waals surface area contributed by atoms with E-state index < -0.39 is 0 Å². The van der Waals surface area contributed by atoms with Crippen molar-refractivity contribution in [1.82, 2.24) is 10.3 Å². The maximum Gasteiger partial charge on any atom is 0.150 e. The average Bonchev–Trinajstić information content (AvgIpc) is 2.41. The van der Waals surface area contributed by atoms with Crippen LogP contribution in [-0.4, -0.2) is 11.5 Å². The monoisotopic (exact) mass is 324 g/mol. The van der Waals surface area contributed by atoms with Gasteiger partial charge in [-0.05, 0) is 46.7 Å². The number of halogens is 2. The minimum absolute atomic E-state index is 0.307. The van der Waals surface area contributed by atoms with Gasteiger partial charge in [-0.2, -0.15) is 0 Å². The molecule has 0 bridgehead atoms. The van der Waals surface area contributed by atoms with E-state index in [0.29, 0.717) is 22.5 Å². The first-order valence-corrected chi connectivity index (χ1v) is 6.76. The average molecular weight is 325 g/mol. The third-order valence-corrected chi connectivity index (χ3v) is 3.17. The quantitative estimate of drug-likeness (QED) is 0.906. The Morgan fingerprint density at radius 1 is 1.32 bits per heavy atom. The summed E-state index contributed by atoms with van der Waals surface area (Å²) in [5, 5.41) is 3.23. The number of benzene rings is 1. The Kier molecular flexibility index (Phi) is 4.87. The van der Waals surface area contributed by atoms with Crippen LogP contribution in [0, 0.1) is 5.82 Å². The molecule has 0 saturated heterocycles. The molecule has 0 radical (unpaired) electrons. The number of pyridine rings is 1. The van der Waals surface area contributed by atoms with Gasteiger partial charge in [0.25, 0.3) is 0 Å². The van der Waals surface area contributed by atoms with Crippen LogP contribution in [0.15, 0.2) is 41.1 Å². The summed E-state index contributed by atoms with van der Waals surface area (Å²) in [7, 11) is 0. The molecule has 2 rings (SSSR count). The van der Waals surface area contributed by atoms with Crippen molar-refractivity contribution >= 4 is 15.9 Å². The molecule has 0 atom stereocenters. The lowest BCUT2D eigenvalue weighted by Crippen LogP contribution is -2.12. The normalized spacial score (nSPS) is 10.5. The zero-order valence-corrected chi connectivity index (χ0v) is 12.1. The second kappa shape index (κ2) is 6.63. The van der Waals surface area contributed by atoms with E-state index in [9.17, 15) is 4.39 Å². The largest absolute Gasteiger partial charge is 0.454 e. The van der Waals surface area contributed by atoms with Gasteiger partial charge in [-0.1, -0.05) is 6.92 Å². The molecule has 0 saturated carbocycles. The highest BCUT2D eigenvalue weighted by molar-refractivity contribution is 9.10. The highest BCUT2D eigenvalue weighted by Crippen LogP contribution is 2.31. The van der Waals surface area contributed by atoms with E-state index in [1.807, 2.05) is 13.0 Å². The van der Waals surface area contributed by atoms with Crippen molar-refractivity contribution in [2.75, 3.05) is 6.54 Å². The summed E-state index contributed by atoms with van der Waals surface area (Å²) in [6, 6.07) is 6.22. The first-order valence-electron chi connectivity index (χ1n) is 5.97. The second-order valence-electron chi connectivity index (χ2n) is 3.94. The van der Waals surface area contributed by atoms with Crippen LogP contribution < -0.4 is 10.1 Å². The van der Waals surface area contributed by atoms with Crippen LogP contribution in [0.2, 0.25) is 0 Å². The smallest absolute Gasteiger partial charge is 0.150 e. The molecule has 1 aromatic heterocycles. The molecular formula is C14H14BrFN2O. The number of hydrogen-bond donors (Lipinski definition) is 1. The van der Waals surface area contributed by atoms with Crippen LogP contribution >= 0.6 is 15.9 Å². The maximum atomic E-state index is 13.0. The van der Waals surface area contributed by atoms with Gasteiger partial charge < -0.3 is 10.1 Å². The fraction of sp³-hybridized carbons (Fsp3) is 0.214. The molecule has 1 heterocycles. The van der Waals surface area contributed by atoms with Crippen LogP contribution in [0.4, 0.5) is 4.39 Å². The molecule has 0 aliphatic carbocycles. The van der Waals surface area contributed by atoms with Crippen LogP contribution in [0.1, 0.15) is 12.5 Å². The highest BCUT2D eigenvalue weighted by Gasteiger charge is 2.08. The summed E-state index contributed by atoms with van der Waals surface area (Å²) in [5.41, 5.74) is 1.01. The van der Waals surface area contributed by atoms with Gasteiger partial charge in [-0.25, -0.2) is 4.39 Å². The van der Waals surface area contributed by atoms with Crippen LogP contribution in [0.3, 0.4) is 0 Å². The molecular weight excluding hydrogens is 311 g/mol. The number of aromatic nitrogens is 1. The Morgan fingerprint density at radius 3 is 2.89 bits per heavy atom. The summed E-state index contributed by atoms with van der Waals surface area (Å²) in [4.78, 5) is 4.05. The summed E-state index contributed by atoms with van der Waals surface area (Å²) in [6.07, 6.45) is 3.38. The van der Waals surface area contributed by atoms with Gasteiger partial charge in [0.05, 0.1) is 10.7 Å². The Morgan fingerprint density at radius 2 is 2.16 bits per heavy atom. The fourth-order valence-electron chi connectivity index (χ4n) is 1.58. The number of ether oxygens (including phenoxy) is 1. The number of nitrogens with zero attached hydrogens (tertiary/aromatic N) is 1. The van der Waals surface area contributed by atoms with Crippen LogP contribution in [0.5, 0.6) is 11.5 Å². The topological polar surface area (TPSA) is 34.2 Å². The lowest BCUT2D eigenvalue weighted by molar-refractivity contribution is 0.466. The van der Waals surface area contributed by atoms with Crippen molar-refractivity contribution < 1.29 is 9.13 Å². The molecule has 0 unspecified atom stereocenters. The number of rotatable bonds is 5. The standard InChI is InChI=1S/C14H14BrFN2O/c1-2-17-8-10-5-6-18-9-14(10)19-13-4-3-11(16)7-12(13)15/h3-7,9,17H,2,8H2,1H3. The number of hydrogen-bond acceptors (Lipinski definition) is 3. The van der Waals surface area contributed by atoms with Crippen molar-refractivity contribution in [3.8, 4) is 11.5 Å². The number of nitrogens with one attached hydrogen (secondary N) is 1. The van der Waals surface area contributed by atoms with Gasteiger partial charge in [-0.15, -0.1) is 0 Å². The third-order valence-electron chi connectivity index (χ3n) is 2.55. The maximum absolute atomic E-state index is 13.0. The minimum Gasteiger partial charge on any atom is -0.454 e. The van der Waals surface area contributed by atoms with Gasteiger partial charge in [-0.3, -0.25) is 4.98 Å². The Labute approximate surface area is 119 Å². The minimum atomic E-state index is -0.307. The molecule has 0 fully saturated rings. The summed E-state index contributed by atoms with van der Waals surface area (Å²) >= 11 is 3.28. The Bertz CT molecular complexity index is 563. The molecule has 1 aromatic carbocycles. The van der Waals surface area contributed by atoms with Gasteiger partial charge in [0.2, 0.25) is 0 Å². The first-order chi connectivity index (χ1) is 9.20. The molecule has 2 aromatic rings. The molecule has 0 aliphatic heterocycles. The van der Waals surface area contributed by atoms with Gasteiger partial charge in [0.1, 0.15) is 17.3 Å². The van der Waals surface area contributed by atoms with Gasteiger partial charge >= 0.3 is 0 Å². The summed E-state index contributed by atoms with van der Waals surface area (Å²) in [6.45, 7) is 3.62. The van der Waals surface area contributed by atoms with Gasteiger partial charge in [0.15, 0.2) is 0 Å². The third kappa shape index (κ3) is 3.75. The zero-order chi connectivity index (χ0) is 13.7. The molecule has 0 spiro atoms.